The maximum Gasteiger partial charge on any atom is 0.0630 e. The molecule has 4 nitrogen and oxygen atoms in total. The number of methoxy groups -OCH3 is 2. The zero-order chi connectivity index (χ0) is 14.0. The third-order valence-corrected chi connectivity index (χ3v) is 3.30. The summed E-state index contributed by atoms with van der Waals surface area (Å²) in [6.45, 7) is 12.3. The Morgan fingerprint density at radius 3 is 2.22 bits per heavy atom. The highest BCUT2D eigenvalue weighted by atomic mass is 16.5. The van der Waals surface area contributed by atoms with Crippen LogP contribution in [0.4, 0.5) is 0 Å². The molecule has 0 spiro atoms. The third kappa shape index (κ3) is 7.31. The van der Waals surface area contributed by atoms with Crippen LogP contribution in [0.5, 0.6) is 0 Å². The second-order valence-electron chi connectivity index (χ2n) is 5.16. The maximum atomic E-state index is 5.37. The van der Waals surface area contributed by atoms with Crippen molar-refractivity contribution in [3.05, 3.63) is 0 Å². The molecule has 0 saturated heterocycles. The highest BCUT2D eigenvalue weighted by Gasteiger charge is 2.22. The van der Waals surface area contributed by atoms with Crippen molar-refractivity contribution in [3.8, 4) is 0 Å². The van der Waals surface area contributed by atoms with Crippen molar-refractivity contribution < 1.29 is 9.47 Å². The maximum absolute atomic E-state index is 5.37. The SMILES string of the molecule is CCC(C)N(CCOC)C(CNC(C)C)COC. The molecule has 0 aliphatic rings. The van der Waals surface area contributed by atoms with Crippen LogP contribution < -0.4 is 5.32 Å². The van der Waals surface area contributed by atoms with Gasteiger partial charge in [-0.3, -0.25) is 4.90 Å². The molecular weight excluding hydrogens is 228 g/mol. The smallest absolute Gasteiger partial charge is 0.0630 e. The minimum Gasteiger partial charge on any atom is -0.383 e. The summed E-state index contributed by atoms with van der Waals surface area (Å²) >= 11 is 0. The Bertz CT molecular complexity index is 189. The van der Waals surface area contributed by atoms with E-state index in [-0.39, 0.29) is 0 Å². The molecule has 0 aromatic rings. The molecular formula is C14H32N2O2. The largest absolute Gasteiger partial charge is 0.383 e. The van der Waals surface area contributed by atoms with E-state index in [1.807, 2.05) is 0 Å². The van der Waals surface area contributed by atoms with Gasteiger partial charge in [-0.15, -0.1) is 0 Å². The van der Waals surface area contributed by atoms with E-state index < -0.39 is 0 Å². The van der Waals surface area contributed by atoms with Gasteiger partial charge >= 0.3 is 0 Å². The van der Waals surface area contributed by atoms with Crippen LogP contribution in [0.1, 0.15) is 34.1 Å². The number of nitrogens with one attached hydrogen (secondary N) is 1. The Labute approximate surface area is 113 Å². The quantitative estimate of drug-likeness (QED) is 0.613. The lowest BCUT2D eigenvalue weighted by Crippen LogP contribution is -2.51. The summed E-state index contributed by atoms with van der Waals surface area (Å²) < 4.78 is 10.6. The van der Waals surface area contributed by atoms with E-state index in [4.69, 9.17) is 9.47 Å². The zero-order valence-electron chi connectivity index (χ0n) is 13.0. The summed E-state index contributed by atoms with van der Waals surface area (Å²) in [6, 6.07) is 1.46. The molecule has 2 atom stereocenters. The van der Waals surface area contributed by atoms with Crippen molar-refractivity contribution >= 4 is 0 Å². The predicted molar refractivity (Wildman–Crippen MR) is 77.1 cm³/mol. The molecule has 0 amide bonds. The van der Waals surface area contributed by atoms with E-state index in [9.17, 15) is 0 Å². The monoisotopic (exact) mass is 260 g/mol. The van der Waals surface area contributed by atoms with Crippen LogP contribution in [-0.2, 0) is 9.47 Å². The number of rotatable bonds is 11. The van der Waals surface area contributed by atoms with Crippen molar-refractivity contribution in [1.82, 2.24) is 10.2 Å². The van der Waals surface area contributed by atoms with Gasteiger partial charge in [-0.1, -0.05) is 20.8 Å². The van der Waals surface area contributed by atoms with Crippen LogP contribution in [-0.4, -0.2) is 63.5 Å². The fourth-order valence-corrected chi connectivity index (χ4v) is 2.03. The molecule has 0 aromatic heterocycles. The summed E-state index contributed by atoms with van der Waals surface area (Å²) in [5.74, 6) is 0. The lowest BCUT2D eigenvalue weighted by molar-refractivity contribution is 0.0421. The Morgan fingerprint density at radius 1 is 1.11 bits per heavy atom. The van der Waals surface area contributed by atoms with Gasteiger partial charge < -0.3 is 14.8 Å². The molecule has 4 heteroatoms. The van der Waals surface area contributed by atoms with E-state index in [0.717, 1.165) is 32.7 Å². The number of hydrogen-bond acceptors (Lipinski definition) is 4. The van der Waals surface area contributed by atoms with Crippen LogP contribution in [0.15, 0.2) is 0 Å². The molecule has 110 valence electrons. The van der Waals surface area contributed by atoms with Crippen molar-refractivity contribution in [2.75, 3.05) is 40.5 Å². The highest BCUT2D eigenvalue weighted by molar-refractivity contribution is 4.78. The number of hydrogen-bond donors (Lipinski definition) is 1. The molecule has 0 saturated carbocycles. The first-order valence-electron chi connectivity index (χ1n) is 7.03. The van der Waals surface area contributed by atoms with Crippen LogP contribution in [0.25, 0.3) is 0 Å². The lowest BCUT2D eigenvalue weighted by Gasteiger charge is -2.36. The first kappa shape index (κ1) is 17.8. The number of nitrogens with zero attached hydrogens (tertiary/aromatic N) is 1. The second kappa shape index (κ2) is 10.7. The van der Waals surface area contributed by atoms with Gasteiger partial charge in [-0.05, 0) is 13.3 Å². The third-order valence-electron chi connectivity index (χ3n) is 3.30. The fourth-order valence-electron chi connectivity index (χ4n) is 2.03. The normalized spacial score (nSPS) is 15.3. The van der Waals surface area contributed by atoms with E-state index in [1.54, 1.807) is 14.2 Å². The highest BCUT2D eigenvalue weighted by Crippen LogP contribution is 2.09. The minimum atomic E-state index is 0.405. The van der Waals surface area contributed by atoms with Crippen molar-refractivity contribution in [2.45, 2.75) is 52.2 Å². The van der Waals surface area contributed by atoms with Gasteiger partial charge in [-0.25, -0.2) is 0 Å². The van der Waals surface area contributed by atoms with Gasteiger partial charge in [0.25, 0.3) is 0 Å². The molecule has 2 unspecified atom stereocenters. The van der Waals surface area contributed by atoms with Crippen LogP contribution in [0.3, 0.4) is 0 Å². The summed E-state index contributed by atoms with van der Waals surface area (Å²) in [4.78, 5) is 2.49. The van der Waals surface area contributed by atoms with E-state index >= 15 is 0 Å². The fraction of sp³-hybridized carbons (Fsp3) is 1.00. The van der Waals surface area contributed by atoms with Crippen molar-refractivity contribution in [3.63, 3.8) is 0 Å². The van der Waals surface area contributed by atoms with Crippen LogP contribution in [0, 0.1) is 0 Å². The minimum absolute atomic E-state index is 0.405. The summed E-state index contributed by atoms with van der Waals surface area (Å²) in [5.41, 5.74) is 0. The van der Waals surface area contributed by atoms with Gasteiger partial charge in [0.15, 0.2) is 0 Å². The summed E-state index contributed by atoms with van der Waals surface area (Å²) in [7, 11) is 3.53. The average Bonchev–Trinajstić information content (AvgIpc) is 2.35. The summed E-state index contributed by atoms with van der Waals surface area (Å²) in [6.07, 6.45) is 1.14. The summed E-state index contributed by atoms with van der Waals surface area (Å²) in [5, 5.41) is 3.50. The lowest BCUT2D eigenvalue weighted by atomic mass is 10.1. The molecule has 0 aliphatic heterocycles. The molecule has 0 heterocycles. The number of ether oxygens (including phenoxy) is 2. The van der Waals surface area contributed by atoms with E-state index in [0.29, 0.717) is 18.1 Å². The van der Waals surface area contributed by atoms with E-state index in [1.165, 1.54) is 0 Å². The average molecular weight is 260 g/mol. The zero-order valence-corrected chi connectivity index (χ0v) is 13.0. The van der Waals surface area contributed by atoms with Gasteiger partial charge in [0.2, 0.25) is 0 Å². The molecule has 0 fully saturated rings. The molecule has 1 N–H and O–H groups in total. The first-order chi connectivity index (χ1) is 8.56. The second-order valence-corrected chi connectivity index (χ2v) is 5.16. The predicted octanol–water partition coefficient (Wildman–Crippen LogP) is 1.75. The van der Waals surface area contributed by atoms with Crippen molar-refractivity contribution in [2.24, 2.45) is 0 Å². The topological polar surface area (TPSA) is 33.7 Å². The molecule has 0 aromatic carbocycles. The Kier molecular flexibility index (Phi) is 10.6. The molecule has 0 bridgehead atoms. The molecule has 0 rings (SSSR count). The van der Waals surface area contributed by atoms with Crippen LogP contribution in [0.2, 0.25) is 0 Å². The molecule has 0 radical (unpaired) electrons. The molecule has 18 heavy (non-hydrogen) atoms. The Morgan fingerprint density at radius 2 is 1.78 bits per heavy atom. The van der Waals surface area contributed by atoms with E-state index in [2.05, 4.69) is 37.9 Å². The van der Waals surface area contributed by atoms with Crippen molar-refractivity contribution in [1.29, 1.82) is 0 Å². The Balaban J connectivity index is 4.50. The Hall–Kier alpha value is -0.160. The van der Waals surface area contributed by atoms with Gasteiger partial charge in [-0.2, -0.15) is 0 Å². The molecule has 0 aliphatic carbocycles. The van der Waals surface area contributed by atoms with Crippen LogP contribution >= 0.6 is 0 Å². The van der Waals surface area contributed by atoms with Gasteiger partial charge in [0, 0.05) is 45.4 Å². The standard InChI is InChI=1S/C14H32N2O2/c1-7-13(4)16(8-9-17-5)14(11-18-6)10-15-12(2)3/h12-15H,7-11H2,1-6H3. The first-order valence-corrected chi connectivity index (χ1v) is 7.03. The van der Waals surface area contributed by atoms with Gasteiger partial charge in [0.1, 0.15) is 0 Å². The van der Waals surface area contributed by atoms with Gasteiger partial charge in [0.05, 0.1) is 13.2 Å².